The van der Waals surface area contributed by atoms with Crippen molar-refractivity contribution in [2.45, 2.75) is 25.8 Å². The molecule has 162 valence electrons. The number of sulfone groups is 1. The van der Waals surface area contributed by atoms with Crippen LogP contribution in [0.2, 0.25) is 0 Å². The molecule has 1 atom stereocenters. The van der Waals surface area contributed by atoms with E-state index in [1.807, 2.05) is 43.5 Å². The molecule has 0 N–H and O–H groups in total. The first-order chi connectivity index (χ1) is 15.5. The molecule has 0 spiro atoms. The quantitative estimate of drug-likeness (QED) is 0.472. The number of nitrogens with zero attached hydrogens (tertiary/aromatic N) is 6. The normalized spacial score (nSPS) is 17.8. The van der Waals surface area contributed by atoms with Gasteiger partial charge in [-0.15, -0.1) is 0 Å². The molecule has 1 fully saturated rings. The third-order valence-corrected chi connectivity index (χ3v) is 7.43. The van der Waals surface area contributed by atoms with Crippen LogP contribution in [0.15, 0.2) is 61.3 Å². The van der Waals surface area contributed by atoms with Gasteiger partial charge < -0.3 is 0 Å². The first-order valence-electron chi connectivity index (χ1n) is 10.4. The SMILES string of the molecule is Cc1cc(-c2cccc(-c3ncc(-c4cnn([C@H]5CCCS(=O)(=O)C5)c4)cn3)c2)cnn1. The maximum Gasteiger partial charge on any atom is 0.159 e. The van der Waals surface area contributed by atoms with E-state index >= 15 is 0 Å². The van der Waals surface area contributed by atoms with E-state index in [2.05, 4.69) is 25.3 Å². The Bertz CT molecular complexity index is 1370. The van der Waals surface area contributed by atoms with Gasteiger partial charge in [0.1, 0.15) is 0 Å². The van der Waals surface area contributed by atoms with E-state index in [1.54, 1.807) is 29.5 Å². The number of aryl methyl sites for hydroxylation is 1. The van der Waals surface area contributed by atoms with Crippen LogP contribution in [0.3, 0.4) is 0 Å². The molecule has 5 rings (SSSR count). The van der Waals surface area contributed by atoms with E-state index in [9.17, 15) is 8.42 Å². The minimum Gasteiger partial charge on any atom is -0.268 e. The zero-order valence-corrected chi connectivity index (χ0v) is 18.4. The molecule has 4 heterocycles. The van der Waals surface area contributed by atoms with Gasteiger partial charge in [-0.1, -0.05) is 18.2 Å². The first-order valence-corrected chi connectivity index (χ1v) is 12.3. The van der Waals surface area contributed by atoms with Gasteiger partial charge in [-0.2, -0.15) is 15.3 Å². The van der Waals surface area contributed by atoms with Gasteiger partial charge in [0.2, 0.25) is 0 Å². The van der Waals surface area contributed by atoms with E-state index in [-0.39, 0.29) is 17.5 Å². The molecular weight excluding hydrogens is 424 g/mol. The van der Waals surface area contributed by atoms with Crippen molar-refractivity contribution in [2.24, 2.45) is 0 Å². The molecule has 0 bridgehead atoms. The summed E-state index contributed by atoms with van der Waals surface area (Å²) in [6, 6.07) is 9.88. The van der Waals surface area contributed by atoms with Crippen LogP contribution < -0.4 is 0 Å². The van der Waals surface area contributed by atoms with Crippen molar-refractivity contribution in [1.82, 2.24) is 29.9 Å². The fourth-order valence-electron chi connectivity index (χ4n) is 3.99. The molecule has 32 heavy (non-hydrogen) atoms. The van der Waals surface area contributed by atoms with Crippen LogP contribution >= 0.6 is 0 Å². The second kappa shape index (κ2) is 8.23. The van der Waals surface area contributed by atoms with Crippen molar-refractivity contribution in [2.75, 3.05) is 11.5 Å². The van der Waals surface area contributed by atoms with Crippen LogP contribution in [-0.4, -0.2) is 49.9 Å². The number of benzene rings is 1. The summed E-state index contributed by atoms with van der Waals surface area (Å²) in [5.74, 6) is 1.04. The van der Waals surface area contributed by atoms with Crippen LogP contribution in [0.5, 0.6) is 0 Å². The summed E-state index contributed by atoms with van der Waals surface area (Å²) in [7, 11) is -2.99. The Kier molecular flexibility index (Phi) is 5.26. The zero-order valence-electron chi connectivity index (χ0n) is 17.6. The minimum atomic E-state index is -2.99. The summed E-state index contributed by atoms with van der Waals surface area (Å²) in [6.45, 7) is 1.91. The number of rotatable bonds is 4. The summed E-state index contributed by atoms with van der Waals surface area (Å²) in [6.07, 6.45) is 10.4. The third-order valence-electron chi connectivity index (χ3n) is 5.63. The first kappa shape index (κ1) is 20.4. The summed E-state index contributed by atoms with van der Waals surface area (Å²) in [4.78, 5) is 9.10. The van der Waals surface area contributed by atoms with Crippen molar-refractivity contribution >= 4 is 9.84 Å². The number of hydrogen-bond donors (Lipinski definition) is 0. The van der Waals surface area contributed by atoms with Crippen LogP contribution in [0.25, 0.3) is 33.6 Å². The Hall–Kier alpha value is -3.46. The fraction of sp³-hybridized carbons (Fsp3) is 0.261. The molecule has 4 aromatic rings. The fourth-order valence-corrected chi connectivity index (χ4v) is 5.67. The lowest BCUT2D eigenvalue weighted by Crippen LogP contribution is -2.27. The number of aromatic nitrogens is 6. The smallest absolute Gasteiger partial charge is 0.159 e. The second-order valence-corrected chi connectivity index (χ2v) is 10.3. The molecule has 1 aromatic carbocycles. The summed E-state index contributed by atoms with van der Waals surface area (Å²) in [5, 5.41) is 12.4. The highest BCUT2D eigenvalue weighted by Gasteiger charge is 2.26. The lowest BCUT2D eigenvalue weighted by molar-refractivity contribution is 0.435. The topological polar surface area (TPSA) is 104 Å². The Morgan fingerprint density at radius 1 is 0.938 bits per heavy atom. The van der Waals surface area contributed by atoms with E-state index in [0.29, 0.717) is 12.2 Å². The molecule has 0 amide bonds. The molecule has 1 saturated heterocycles. The second-order valence-electron chi connectivity index (χ2n) is 8.08. The Morgan fingerprint density at radius 3 is 2.53 bits per heavy atom. The van der Waals surface area contributed by atoms with Gasteiger partial charge in [-0.25, -0.2) is 18.4 Å². The van der Waals surface area contributed by atoms with Crippen LogP contribution in [-0.2, 0) is 9.84 Å². The average Bonchev–Trinajstić information content (AvgIpc) is 3.29. The van der Waals surface area contributed by atoms with E-state index in [1.165, 1.54) is 0 Å². The molecule has 0 radical (unpaired) electrons. The highest BCUT2D eigenvalue weighted by molar-refractivity contribution is 7.91. The van der Waals surface area contributed by atoms with Crippen LogP contribution in [0, 0.1) is 6.92 Å². The Labute approximate surface area is 186 Å². The van der Waals surface area contributed by atoms with E-state index < -0.39 is 9.84 Å². The molecule has 8 nitrogen and oxygen atoms in total. The highest BCUT2D eigenvalue weighted by Crippen LogP contribution is 2.27. The third kappa shape index (κ3) is 4.29. The average molecular weight is 447 g/mol. The molecule has 3 aromatic heterocycles. The molecule has 0 unspecified atom stereocenters. The zero-order chi connectivity index (χ0) is 22.1. The predicted molar refractivity (Wildman–Crippen MR) is 121 cm³/mol. The largest absolute Gasteiger partial charge is 0.268 e. The Morgan fingerprint density at radius 2 is 1.75 bits per heavy atom. The van der Waals surface area contributed by atoms with Gasteiger partial charge in [0, 0.05) is 40.8 Å². The molecule has 0 aliphatic carbocycles. The van der Waals surface area contributed by atoms with Gasteiger partial charge in [-0.05, 0) is 37.5 Å². The van der Waals surface area contributed by atoms with Gasteiger partial charge in [0.05, 0.1) is 35.6 Å². The van der Waals surface area contributed by atoms with Crippen molar-refractivity contribution in [1.29, 1.82) is 0 Å². The monoisotopic (exact) mass is 446 g/mol. The van der Waals surface area contributed by atoms with Gasteiger partial charge in [-0.3, -0.25) is 4.68 Å². The van der Waals surface area contributed by atoms with Gasteiger partial charge in [0.25, 0.3) is 0 Å². The van der Waals surface area contributed by atoms with Crippen LogP contribution in [0.4, 0.5) is 0 Å². The molecule has 9 heteroatoms. The number of hydrogen-bond acceptors (Lipinski definition) is 7. The van der Waals surface area contributed by atoms with Gasteiger partial charge >= 0.3 is 0 Å². The predicted octanol–water partition coefficient (Wildman–Crippen LogP) is 3.52. The van der Waals surface area contributed by atoms with Crippen molar-refractivity contribution in [3.63, 3.8) is 0 Å². The van der Waals surface area contributed by atoms with Gasteiger partial charge in [0.15, 0.2) is 15.7 Å². The molecule has 1 aliphatic heterocycles. The molecule has 0 saturated carbocycles. The van der Waals surface area contributed by atoms with E-state index in [0.717, 1.165) is 39.9 Å². The van der Waals surface area contributed by atoms with Crippen molar-refractivity contribution in [3.05, 3.63) is 67.0 Å². The van der Waals surface area contributed by atoms with Crippen molar-refractivity contribution < 1.29 is 8.42 Å². The van der Waals surface area contributed by atoms with E-state index in [4.69, 9.17) is 0 Å². The maximum atomic E-state index is 11.9. The Balaban J connectivity index is 1.37. The minimum absolute atomic E-state index is 0.114. The standard InChI is InChI=1S/C23H22N6O2S/c1-16-8-19(12-26-28-16)17-4-2-5-18(9-17)23-24-10-20(11-25-23)21-13-27-29(14-21)22-6-3-7-32(30,31)15-22/h2,4-5,8-14,22H,3,6-7,15H2,1H3/t22-/m0/s1. The lowest BCUT2D eigenvalue weighted by atomic mass is 10.0. The maximum absolute atomic E-state index is 11.9. The lowest BCUT2D eigenvalue weighted by Gasteiger charge is -2.22. The summed E-state index contributed by atoms with van der Waals surface area (Å²) >= 11 is 0. The molecule has 1 aliphatic rings. The summed E-state index contributed by atoms with van der Waals surface area (Å²) < 4.78 is 25.7. The summed E-state index contributed by atoms with van der Waals surface area (Å²) in [5.41, 5.74) is 5.49. The van der Waals surface area contributed by atoms with Crippen molar-refractivity contribution in [3.8, 4) is 33.6 Å². The highest BCUT2D eigenvalue weighted by atomic mass is 32.2. The molecular formula is C23H22N6O2S. The van der Waals surface area contributed by atoms with Crippen LogP contribution in [0.1, 0.15) is 24.6 Å².